The van der Waals surface area contributed by atoms with Crippen molar-refractivity contribution in [2.45, 2.75) is 30.7 Å². The van der Waals surface area contributed by atoms with Crippen molar-refractivity contribution in [3.05, 3.63) is 71.5 Å². The van der Waals surface area contributed by atoms with E-state index >= 15 is 0 Å². The fourth-order valence-corrected chi connectivity index (χ4v) is 3.56. The topological polar surface area (TPSA) is 192 Å². The number of carbonyl (C=O) groups excluding carboxylic acids is 1. The van der Waals surface area contributed by atoms with Gasteiger partial charge in [-0.3, -0.25) is 4.79 Å². The number of carbonyl (C=O) groups is 2. The molecule has 2 aromatic carbocycles. The van der Waals surface area contributed by atoms with Crippen LogP contribution in [0.4, 0.5) is 0 Å². The van der Waals surface area contributed by atoms with E-state index in [0.29, 0.717) is 11.1 Å². The highest BCUT2D eigenvalue weighted by atomic mass is 16.7. The molecule has 1 saturated heterocycles. The Kier molecular flexibility index (Phi) is 9.68. The van der Waals surface area contributed by atoms with Crippen molar-refractivity contribution < 1.29 is 59.2 Å². The van der Waals surface area contributed by atoms with Crippen LogP contribution in [0, 0.1) is 0 Å². The van der Waals surface area contributed by atoms with Crippen LogP contribution in [-0.4, -0.2) is 87.3 Å². The SMILES string of the molecule is COc1cc(/C=C/C(=O)/C=C(O)/C=C/c2ccc(OC3O[C@H](C(=O)O)[C@@H](O)[C@H](O)[C@H]3O)c(OC)c2)ccc1O. The number of ether oxygens (including phenoxy) is 4. The maximum absolute atomic E-state index is 12.2. The second-order valence-electron chi connectivity index (χ2n) is 8.33. The number of aliphatic hydroxyl groups excluding tert-OH is 4. The zero-order valence-electron chi connectivity index (χ0n) is 20.9. The van der Waals surface area contributed by atoms with Gasteiger partial charge in [0.05, 0.1) is 14.2 Å². The van der Waals surface area contributed by atoms with E-state index in [1.807, 2.05) is 0 Å². The number of methoxy groups -OCH3 is 2. The molecule has 0 amide bonds. The van der Waals surface area contributed by atoms with Gasteiger partial charge in [0, 0.05) is 6.08 Å². The fourth-order valence-electron chi connectivity index (χ4n) is 3.56. The highest BCUT2D eigenvalue weighted by Crippen LogP contribution is 2.32. The summed E-state index contributed by atoms with van der Waals surface area (Å²) in [4.78, 5) is 23.4. The van der Waals surface area contributed by atoms with Gasteiger partial charge < -0.3 is 49.6 Å². The van der Waals surface area contributed by atoms with E-state index in [1.165, 1.54) is 62.8 Å². The van der Waals surface area contributed by atoms with Gasteiger partial charge in [-0.2, -0.15) is 0 Å². The first-order valence-corrected chi connectivity index (χ1v) is 11.5. The van der Waals surface area contributed by atoms with Crippen LogP contribution in [0.2, 0.25) is 0 Å². The van der Waals surface area contributed by atoms with Crippen LogP contribution in [0.1, 0.15) is 11.1 Å². The number of aliphatic hydroxyl groups is 4. The van der Waals surface area contributed by atoms with Gasteiger partial charge in [-0.05, 0) is 47.5 Å². The molecule has 0 saturated carbocycles. The molecule has 39 heavy (non-hydrogen) atoms. The lowest BCUT2D eigenvalue weighted by Gasteiger charge is -2.38. The van der Waals surface area contributed by atoms with Gasteiger partial charge in [0.1, 0.15) is 24.1 Å². The van der Waals surface area contributed by atoms with Crippen LogP contribution < -0.4 is 14.2 Å². The molecule has 5 atom stereocenters. The van der Waals surface area contributed by atoms with E-state index in [2.05, 4.69) is 0 Å². The number of benzene rings is 2. The number of ketones is 1. The van der Waals surface area contributed by atoms with E-state index in [9.17, 15) is 40.2 Å². The normalized spacial score (nSPS) is 23.6. The molecule has 6 N–H and O–H groups in total. The minimum absolute atomic E-state index is 0.0368. The molecular weight excluding hydrogens is 516 g/mol. The van der Waals surface area contributed by atoms with Gasteiger partial charge in [0.15, 0.2) is 34.9 Å². The number of aromatic hydroxyl groups is 1. The van der Waals surface area contributed by atoms with Gasteiger partial charge in [0.2, 0.25) is 6.29 Å². The Morgan fingerprint density at radius 3 is 2.08 bits per heavy atom. The molecule has 208 valence electrons. The fraction of sp³-hybridized carbons (Fsp3) is 0.259. The van der Waals surface area contributed by atoms with Gasteiger partial charge in [-0.15, -0.1) is 0 Å². The van der Waals surface area contributed by atoms with Crippen LogP contribution in [0.3, 0.4) is 0 Å². The molecule has 0 bridgehead atoms. The van der Waals surface area contributed by atoms with Crippen LogP contribution in [0.15, 0.2) is 60.4 Å². The van der Waals surface area contributed by atoms with Crippen molar-refractivity contribution in [2.24, 2.45) is 0 Å². The Morgan fingerprint density at radius 2 is 1.44 bits per heavy atom. The summed E-state index contributed by atoms with van der Waals surface area (Å²) in [6.45, 7) is 0. The number of carboxylic acid groups (broad SMARTS) is 1. The van der Waals surface area contributed by atoms with Crippen LogP contribution >= 0.6 is 0 Å². The first kappa shape index (κ1) is 29.2. The third-order valence-electron chi connectivity index (χ3n) is 5.62. The average Bonchev–Trinajstić information content (AvgIpc) is 2.91. The second-order valence-corrected chi connectivity index (χ2v) is 8.33. The Hall–Kier alpha value is -4.36. The van der Waals surface area contributed by atoms with Gasteiger partial charge in [0.25, 0.3) is 0 Å². The largest absolute Gasteiger partial charge is 0.508 e. The zero-order valence-corrected chi connectivity index (χ0v) is 20.9. The molecule has 1 aliphatic heterocycles. The first-order chi connectivity index (χ1) is 18.5. The summed E-state index contributed by atoms with van der Waals surface area (Å²) < 4.78 is 20.9. The predicted octanol–water partition coefficient (Wildman–Crippen LogP) is 1.42. The minimum atomic E-state index is -1.86. The van der Waals surface area contributed by atoms with Crippen LogP contribution in [0.5, 0.6) is 23.0 Å². The number of hydrogen-bond donors (Lipinski definition) is 6. The Bertz CT molecular complexity index is 1280. The minimum Gasteiger partial charge on any atom is -0.508 e. The summed E-state index contributed by atoms with van der Waals surface area (Å²) in [5, 5.41) is 58.8. The number of rotatable bonds is 10. The van der Waals surface area contributed by atoms with E-state index in [4.69, 9.17) is 18.9 Å². The molecule has 1 heterocycles. The highest BCUT2D eigenvalue weighted by molar-refractivity contribution is 6.02. The van der Waals surface area contributed by atoms with Crippen LogP contribution in [0.25, 0.3) is 12.2 Å². The maximum Gasteiger partial charge on any atom is 0.335 e. The monoisotopic (exact) mass is 544 g/mol. The van der Waals surface area contributed by atoms with Crippen molar-refractivity contribution in [1.29, 1.82) is 0 Å². The molecule has 3 rings (SSSR count). The summed E-state index contributed by atoms with van der Waals surface area (Å²) in [6.07, 6.45) is -2.39. The second kappa shape index (κ2) is 12.9. The molecule has 1 aliphatic rings. The van der Waals surface area contributed by atoms with Gasteiger partial charge in [-0.1, -0.05) is 24.3 Å². The molecule has 2 aromatic rings. The van der Waals surface area contributed by atoms with Crippen molar-refractivity contribution in [3.8, 4) is 23.0 Å². The van der Waals surface area contributed by atoms with E-state index in [-0.39, 0.29) is 28.8 Å². The lowest BCUT2D eigenvalue weighted by Crippen LogP contribution is -2.61. The summed E-state index contributed by atoms with van der Waals surface area (Å²) >= 11 is 0. The zero-order chi connectivity index (χ0) is 28.7. The summed E-state index contributed by atoms with van der Waals surface area (Å²) in [5.41, 5.74) is 1.12. The number of hydrogen-bond acceptors (Lipinski definition) is 11. The summed E-state index contributed by atoms with van der Waals surface area (Å²) in [6, 6.07) is 9.01. The van der Waals surface area contributed by atoms with Crippen molar-refractivity contribution in [2.75, 3.05) is 14.2 Å². The third kappa shape index (κ3) is 7.36. The third-order valence-corrected chi connectivity index (χ3v) is 5.62. The first-order valence-electron chi connectivity index (χ1n) is 11.5. The molecule has 1 fully saturated rings. The van der Waals surface area contributed by atoms with E-state index in [0.717, 1.165) is 6.08 Å². The van der Waals surface area contributed by atoms with E-state index < -0.39 is 42.5 Å². The van der Waals surface area contributed by atoms with Gasteiger partial charge >= 0.3 is 5.97 Å². The number of carboxylic acids is 1. The van der Waals surface area contributed by atoms with Gasteiger partial charge in [-0.25, -0.2) is 4.79 Å². The van der Waals surface area contributed by atoms with Crippen LogP contribution in [-0.2, 0) is 14.3 Å². The molecule has 12 heteroatoms. The quantitative estimate of drug-likeness (QED) is 0.143. The molecule has 12 nitrogen and oxygen atoms in total. The lowest BCUT2D eigenvalue weighted by atomic mass is 9.99. The lowest BCUT2D eigenvalue weighted by molar-refractivity contribution is -0.271. The maximum atomic E-state index is 12.2. The van der Waals surface area contributed by atoms with Crippen molar-refractivity contribution in [1.82, 2.24) is 0 Å². The van der Waals surface area contributed by atoms with Crippen molar-refractivity contribution >= 4 is 23.9 Å². The molecule has 1 unspecified atom stereocenters. The molecule has 0 radical (unpaired) electrons. The highest BCUT2D eigenvalue weighted by Gasteiger charge is 2.48. The Morgan fingerprint density at radius 1 is 0.821 bits per heavy atom. The summed E-state index contributed by atoms with van der Waals surface area (Å²) in [7, 11) is 2.73. The standard InChI is InChI=1S/C27H28O12/c1-36-20-11-14(5-9-18(20)30)3-7-16(28)13-17(29)8-4-15-6-10-19(21(12-15)37-2)38-27-24(33)22(31)23(32)25(39-27)26(34)35/h3-13,22-25,27,29-33H,1-2H3,(H,34,35)/b7-3+,8-4+,17-13-/t22-,23-,24+,25-,27?/m0/s1. The van der Waals surface area contributed by atoms with E-state index in [1.54, 1.807) is 12.1 Å². The smallest absolute Gasteiger partial charge is 0.335 e. The molecule has 0 spiro atoms. The number of allylic oxidation sites excluding steroid dienone is 3. The average molecular weight is 545 g/mol. The Labute approximate surface area is 222 Å². The molecule has 0 aliphatic carbocycles. The Balaban J connectivity index is 1.68. The van der Waals surface area contributed by atoms with Crippen molar-refractivity contribution in [3.63, 3.8) is 0 Å². The number of phenolic OH excluding ortho intramolecular Hbond substituents is 1. The predicted molar refractivity (Wildman–Crippen MR) is 136 cm³/mol. The number of aliphatic carboxylic acids is 1. The molecule has 0 aromatic heterocycles. The molecular formula is C27H28O12. The summed E-state index contributed by atoms with van der Waals surface area (Å²) in [5.74, 6) is -1.98. The number of phenols is 1.